The Bertz CT molecular complexity index is 511. The predicted octanol–water partition coefficient (Wildman–Crippen LogP) is 0.972. The van der Waals surface area contributed by atoms with Crippen LogP contribution in [-0.2, 0) is 9.59 Å². The van der Waals surface area contributed by atoms with Gasteiger partial charge in [-0.05, 0) is 38.5 Å². The van der Waals surface area contributed by atoms with Gasteiger partial charge in [-0.3, -0.25) is 19.8 Å². The first-order valence-electron chi connectivity index (χ1n) is 8.01. The number of fused-ring (bicyclic) bond motifs is 1. The summed E-state index contributed by atoms with van der Waals surface area (Å²) in [5, 5.41) is 14.6. The van der Waals surface area contributed by atoms with Gasteiger partial charge in [0.2, 0.25) is 5.91 Å². The van der Waals surface area contributed by atoms with Crippen molar-refractivity contribution in [1.82, 2.24) is 15.5 Å². The second kappa shape index (κ2) is 6.65. The van der Waals surface area contributed by atoms with Crippen molar-refractivity contribution in [3.63, 3.8) is 0 Å². The van der Waals surface area contributed by atoms with Crippen LogP contribution in [0.25, 0.3) is 0 Å². The SMILES string of the molecule is CC(C(=O)NC(=O)NC1CC1)N1C[C@@H]2CCC[C@@]2(C(=O)O)C1.Cl. The van der Waals surface area contributed by atoms with E-state index >= 15 is 0 Å². The number of carbonyl (C=O) groups excluding carboxylic acids is 2. The molecule has 7 nitrogen and oxygen atoms in total. The van der Waals surface area contributed by atoms with Gasteiger partial charge in [0.1, 0.15) is 0 Å². The highest BCUT2D eigenvalue weighted by Crippen LogP contribution is 2.49. The van der Waals surface area contributed by atoms with Gasteiger partial charge in [-0.15, -0.1) is 12.4 Å². The van der Waals surface area contributed by atoms with Crippen LogP contribution in [0.3, 0.4) is 0 Å². The number of carbonyl (C=O) groups is 3. The lowest BCUT2D eigenvalue weighted by Gasteiger charge is -2.26. The molecule has 2 aliphatic carbocycles. The van der Waals surface area contributed by atoms with Crippen LogP contribution in [0.4, 0.5) is 4.79 Å². The Morgan fingerprint density at radius 2 is 1.96 bits per heavy atom. The van der Waals surface area contributed by atoms with Gasteiger partial charge in [0.05, 0.1) is 11.5 Å². The molecule has 0 aromatic carbocycles. The molecule has 3 amide bonds. The number of halogens is 1. The maximum absolute atomic E-state index is 12.2. The molecule has 3 aliphatic rings. The molecule has 0 aromatic rings. The minimum Gasteiger partial charge on any atom is -0.481 e. The fourth-order valence-electron chi connectivity index (χ4n) is 3.80. The van der Waals surface area contributed by atoms with Crippen molar-refractivity contribution < 1.29 is 19.5 Å². The zero-order valence-corrected chi connectivity index (χ0v) is 14.0. The topological polar surface area (TPSA) is 98.7 Å². The van der Waals surface area contributed by atoms with Gasteiger partial charge in [0, 0.05) is 19.1 Å². The quantitative estimate of drug-likeness (QED) is 0.705. The molecule has 1 unspecified atom stereocenters. The highest BCUT2D eigenvalue weighted by molar-refractivity contribution is 5.97. The molecular formula is C15H24ClN3O4. The second-order valence-corrected chi connectivity index (χ2v) is 6.89. The normalized spacial score (nSPS) is 30.9. The van der Waals surface area contributed by atoms with Crippen LogP contribution in [0.5, 0.6) is 0 Å². The fraction of sp³-hybridized carbons (Fsp3) is 0.800. The molecule has 8 heteroatoms. The number of nitrogens with one attached hydrogen (secondary N) is 2. The molecule has 1 heterocycles. The Hall–Kier alpha value is -1.34. The zero-order chi connectivity index (χ0) is 15.9. The summed E-state index contributed by atoms with van der Waals surface area (Å²) in [6.45, 7) is 2.74. The lowest BCUT2D eigenvalue weighted by Crippen LogP contribution is -2.50. The summed E-state index contributed by atoms with van der Waals surface area (Å²) in [6.07, 6.45) is 4.45. The van der Waals surface area contributed by atoms with E-state index in [1.54, 1.807) is 6.92 Å². The summed E-state index contributed by atoms with van der Waals surface area (Å²) in [5.41, 5.74) is -0.704. The van der Waals surface area contributed by atoms with E-state index in [0.717, 1.165) is 25.7 Å². The molecule has 3 N–H and O–H groups in total. The molecule has 1 aliphatic heterocycles. The van der Waals surface area contributed by atoms with Crippen LogP contribution < -0.4 is 10.6 Å². The standard InChI is InChI=1S/C15H23N3O4.ClH/c1-9(12(19)17-14(22)16-11-4-5-11)18-7-10-3-2-6-15(10,8-18)13(20)21;/h9-11H,2-8H2,1H3,(H,20,21)(H2,16,17,19,22);1H/t9?,10-,15+;/m0./s1. The molecule has 23 heavy (non-hydrogen) atoms. The maximum atomic E-state index is 12.2. The lowest BCUT2D eigenvalue weighted by molar-refractivity contribution is -0.149. The van der Waals surface area contributed by atoms with Crippen molar-refractivity contribution in [3.05, 3.63) is 0 Å². The van der Waals surface area contributed by atoms with Crippen LogP contribution in [-0.4, -0.2) is 53.1 Å². The predicted molar refractivity (Wildman–Crippen MR) is 85.4 cm³/mol. The highest BCUT2D eigenvalue weighted by Gasteiger charge is 2.55. The maximum Gasteiger partial charge on any atom is 0.321 e. The van der Waals surface area contributed by atoms with Crippen molar-refractivity contribution in [2.75, 3.05) is 13.1 Å². The number of carboxylic acids is 1. The van der Waals surface area contributed by atoms with Crippen LogP contribution in [0.1, 0.15) is 39.0 Å². The lowest BCUT2D eigenvalue weighted by atomic mass is 9.81. The van der Waals surface area contributed by atoms with Crippen LogP contribution in [0.2, 0.25) is 0 Å². The zero-order valence-electron chi connectivity index (χ0n) is 13.2. The first-order chi connectivity index (χ1) is 10.4. The molecule has 0 bridgehead atoms. The van der Waals surface area contributed by atoms with Crippen molar-refractivity contribution in [2.24, 2.45) is 11.3 Å². The minimum atomic E-state index is -0.753. The Morgan fingerprint density at radius 1 is 1.26 bits per heavy atom. The molecule has 0 spiro atoms. The number of nitrogens with zero attached hydrogens (tertiary/aromatic N) is 1. The molecule has 0 aromatic heterocycles. The molecule has 1 saturated heterocycles. The molecule has 0 radical (unpaired) electrons. The Labute approximate surface area is 141 Å². The van der Waals surface area contributed by atoms with E-state index in [9.17, 15) is 19.5 Å². The Morgan fingerprint density at radius 3 is 2.52 bits per heavy atom. The van der Waals surface area contributed by atoms with Gasteiger partial charge < -0.3 is 10.4 Å². The molecule has 3 atom stereocenters. The number of likely N-dealkylation sites (tertiary alicyclic amines) is 1. The van der Waals surface area contributed by atoms with E-state index < -0.39 is 23.5 Å². The number of amides is 3. The summed E-state index contributed by atoms with van der Waals surface area (Å²) in [7, 11) is 0. The minimum absolute atomic E-state index is 0. The number of imide groups is 1. The molecule has 2 saturated carbocycles. The molecule has 3 fully saturated rings. The first-order valence-corrected chi connectivity index (χ1v) is 8.01. The summed E-state index contributed by atoms with van der Waals surface area (Å²) in [4.78, 5) is 37.4. The summed E-state index contributed by atoms with van der Waals surface area (Å²) >= 11 is 0. The van der Waals surface area contributed by atoms with Gasteiger partial charge in [0.15, 0.2) is 0 Å². The van der Waals surface area contributed by atoms with E-state index in [0.29, 0.717) is 19.5 Å². The van der Waals surface area contributed by atoms with Crippen molar-refractivity contribution >= 4 is 30.3 Å². The first kappa shape index (κ1) is 18.0. The summed E-state index contributed by atoms with van der Waals surface area (Å²) in [5.74, 6) is -1.00. The van der Waals surface area contributed by atoms with Crippen molar-refractivity contribution in [3.8, 4) is 0 Å². The molecular weight excluding hydrogens is 322 g/mol. The van der Waals surface area contributed by atoms with Crippen LogP contribution >= 0.6 is 12.4 Å². The Balaban J connectivity index is 0.00000192. The van der Waals surface area contributed by atoms with E-state index in [-0.39, 0.29) is 30.3 Å². The van der Waals surface area contributed by atoms with Crippen LogP contribution in [0.15, 0.2) is 0 Å². The number of hydrogen-bond donors (Lipinski definition) is 3. The number of aliphatic carboxylic acids is 1. The average molecular weight is 346 g/mol. The number of hydrogen-bond acceptors (Lipinski definition) is 4. The fourth-order valence-corrected chi connectivity index (χ4v) is 3.80. The highest BCUT2D eigenvalue weighted by atomic mass is 35.5. The van der Waals surface area contributed by atoms with Gasteiger partial charge >= 0.3 is 12.0 Å². The van der Waals surface area contributed by atoms with Gasteiger partial charge in [-0.2, -0.15) is 0 Å². The smallest absolute Gasteiger partial charge is 0.321 e. The average Bonchev–Trinajstić information content (AvgIpc) is 3.02. The third kappa shape index (κ3) is 3.45. The monoisotopic (exact) mass is 345 g/mol. The Kier molecular flexibility index (Phi) is 5.20. The summed E-state index contributed by atoms with van der Waals surface area (Å²) in [6, 6.07) is -0.747. The van der Waals surface area contributed by atoms with E-state index in [1.165, 1.54) is 0 Å². The second-order valence-electron chi connectivity index (χ2n) is 6.89. The van der Waals surface area contributed by atoms with Crippen molar-refractivity contribution in [1.29, 1.82) is 0 Å². The van der Waals surface area contributed by atoms with Gasteiger partial charge in [-0.25, -0.2) is 4.79 Å². The largest absolute Gasteiger partial charge is 0.481 e. The van der Waals surface area contributed by atoms with E-state index in [2.05, 4.69) is 10.6 Å². The third-order valence-electron chi connectivity index (χ3n) is 5.40. The molecule has 3 rings (SSSR count). The third-order valence-corrected chi connectivity index (χ3v) is 5.40. The number of rotatable bonds is 4. The van der Waals surface area contributed by atoms with E-state index in [1.807, 2.05) is 4.90 Å². The van der Waals surface area contributed by atoms with Crippen LogP contribution in [0, 0.1) is 11.3 Å². The molecule has 130 valence electrons. The van der Waals surface area contributed by atoms with Crippen molar-refractivity contribution in [2.45, 2.75) is 51.1 Å². The van der Waals surface area contributed by atoms with E-state index in [4.69, 9.17) is 0 Å². The van der Waals surface area contributed by atoms with Gasteiger partial charge in [0.25, 0.3) is 0 Å². The number of urea groups is 1. The van der Waals surface area contributed by atoms with Gasteiger partial charge in [-0.1, -0.05) is 6.42 Å². The number of carboxylic acid groups (broad SMARTS) is 1. The summed E-state index contributed by atoms with van der Waals surface area (Å²) < 4.78 is 0.